The Morgan fingerprint density at radius 2 is 1.79 bits per heavy atom. The molecular formula is C18H27N3O7. The molecule has 0 unspecified atom stereocenters. The highest BCUT2D eigenvalue weighted by Gasteiger charge is 2.18. The maximum Gasteiger partial charge on any atom is 0.305 e. The number of hydrogen-bond donors (Lipinski definition) is 1. The van der Waals surface area contributed by atoms with Crippen molar-refractivity contribution in [3.05, 3.63) is 38.4 Å². The van der Waals surface area contributed by atoms with Crippen LogP contribution in [-0.4, -0.2) is 42.2 Å². The van der Waals surface area contributed by atoms with Gasteiger partial charge in [-0.2, -0.15) is 0 Å². The number of nitro groups is 2. The average molecular weight is 397 g/mol. The lowest BCUT2D eigenvalue weighted by Crippen LogP contribution is -2.15. The highest BCUT2D eigenvalue weighted by atomic mass is 16.6. The van der Waals surface area contributed by atoms with Crippen molar-refractivity contribution in [3.8, 4) is 0 Å². The lowest BCUT2D eigenvalue weighted by Gasteiger charge is -2.08. The molecule has 0 fully saturated rings. The highest BCUT2D eigenvalue weighted by molar-refractivity contribution is 5.69. The minimum absolute atomic E-state index is 0.158. The zero-order valence-corrected chi connectivity index (χ0v) is 16.1. The molecule has 0 aliphatic rings. The van der Waals surface area contributed by atoms with Gasteiger partial charge in [-0.05, 0) is 12.5 Å². The molecular weight excluding hydrogens is 370 g/mol. The number of esters is 1. The van der Waals surface area contributed by atoms with Gasteiger partial charge in [-0.15, -0.1) is 0 Å². The fourth-order valence-corrected chi connectivity index (χ4v) is 2.45. The predicted octanol–water partition coefficient (Wildman–Crippen LogP) is 3.84. The van der Waals surface area contributed by atoms with E-state index < -0.39 is 9.85 Å². The zero-order valence-electron chi connectivity index (χ0n) is 16.1. The summed E-state index contributed by atoms with van der Waals surface area (Å²) in [6.45, 7) is 3.03. The summed E-state index contributed by atoms with van der Waals surface area (Å²) in [5, 5.41) is 24.5. The third kappa shape index (κ3) is 9.26. The van der Waals surface area contributed by atoms with Crippen molar-refractivity contribution in [3.63, 3.8) is 0 Å². The van der Waals surface area contributed by atoms with Crippen LogP contribution in [0.4, 0.5) is 17.1 Å². The lowest BCUT2D eigenvalue weighted by molar-refractivity contribution is -0.393. The number of anilines is 1. The molecule has 0 saturated carbocycles. The van der Waals surface area contributed by atoms with Crippen LogP contribution >= 0.6 is 0 Å². The second-order valence-corrected chi connectivity index (χ2v) is 6.14. The first kappa shape index (κ1) is 23.3. The maximum atomic E-state index is 11.5. The van der Waals surface area contributed by atoms with Gasteiger partial charge in [-0.1, -0.05) is 32.6 Å². The standard InChI is InChI=1S/C18H27N3O7/c1-2-3-4-5-6-7-18(22)28-13-12-27-11-10-19-16-9-8-15(20(23)24)14-17(16)21(25)26/h8-9,14,19H,2-7,10-13H2,1H3. The molecule has 28 heavy (non-hydrogen) atoms. The Morgan fingerprint density at radius 3 is 2.46 bits per heavy atom. The van der Waals surface area contributed by atoms with Gasteiger partial charge in [0.15, 0.2) is 0 Å². The number of nitro benzene ring substituents is 2. The van der Waals surface area contributed by atoms with Crippen LogP contribution in [0.25, 0.3) is 0 Å². The van der Waals surface area contributed by atoms with E-state index >= 15 is 0 Å². The number of nitrogens with zero attached hydrogens (tertiary/aromatic N) is 2. The number of ether oxygens (including phenoxy) is 2. The summed E-state index contributed by atoms with van der Waals surface area (Å²) >= 11 is 0. The Kier molecular flexibility index (Phi) is 11.2. The van der Waals surface area contributed by atoms with Gasteiger partial charge in [0.25, 0.3) is 11.4 Å². The number of benzene rings is 1. The number of rotatable bonds is 15. The van der Waals surface area contributed by atoms with Gasteiger partial charge in [-0.3, -0.25) is 25.0 Å². The Balaban J connectivity index is 2.18. The molecule has 0 atom stereocenters. The van der Waals surface area contributed by atoms with Crippen molar-refractivity contribution in [1.82, 2.24) is 0 Å². The largest absolute Gasteiger partial charge is 0.463 e. The molecule has 1 N–H and O–H groups in total. The summed E-state index contributed by atoms with van der Waals surface area (Å²) in [6.07, 6.45) is 5.74. The van der Waals surface area contributed by atoms with Gasteiger partial charge < -0.3 is 14.8 Å². The molecule has 0 saturated heterocycles. The van der Waals surface area contributed by atoms with E-state index in [1.54, 1.807) is 0 Å². The van der Waals surface area contributed by atoms with E-state index in [-0.39, 0.29) is 49.4 Å². The van der Waals surface area contributed by atoms with Crippen LogP contribution in [0.3, 0.4) is 0 Å². The molecule has 0 heterocycles. The van der Waals surface area contributed by atoms with E-state index in [0.717, 1.165) is 31.7 Å². The molecule has 0 aliphatic heterocycles. The first-order chi connectivity index (χ1) is 13.5. The predicted molar refractivity (Wildman–Crippen MR) is 103 cm³/mol. The zero-order chi connectivity index (χ0) is 20.8. The Labute approximate surface area is 163 Å². The van der Waals surface area contributed by atoms with Gasteiger partial charge in [0.1, 0.15) is 12.3 Å². The Morgan fingerprint density at radius 1 is 1.04 bits per heavy atom. The summed E-state index contributed by atoms with van der Waals surface area (Å²) in [4.78, 5) is 31.9. The minimum atomic E-state index is -0.688. The summed E-state index contributed by atoms with van der Waals surface area (Å²) in [6, 6.07) is 3.39. The summed E-state index contributed by atoms with van der Waals surface area (Å²) in [5.74, 6) is -0.236. The molecule has 0 bridgehead atoms. The van der Waals surface area contributed by atoms with Gasteiger partial charge in [-0.25, -0.2) is 0 Å². The topological polar surface area (TPSA) is 134 Å². The lowest BCUT2D eigenvalue weighted by atomic mass is 10.1. The number of hydrogen-bond acceptors (Lipinski definition) is 8. The van der Waals surface area contributed by atoms with E-state index in [1.807, 2.05) is 0 Å². The minimum Gasteiger partial charge on any atom is -0.463 e. The van der Waals surface area contributed by atoms with Gasteiger partial charge in [0.05, 0.1) is 29.1 Å². The van der Waals surface area contributed by atoms with Crippen LogP contribution in [0.1, 0.15) is 45.4 Å². The van der Waals surface area contributed by atoms with Crippen molar-refractivity contribution in [2.75, 3.05) is 31.7 Å². The Hall–Kier alpha value is -2.75. The highest BCUT2D eigenvalue weighted by Crippen LogP contribution is 2.28. The molecule has 1 rings (SSSR count). The van der Waals surface area contributed by atoms with E-state index in [0.29, 0.717) is 6.42 Å². The molecule has 1 aromatic rings. The van der Waals surface area contributed by atoms with Crippen LogP contribution in [0.5, 0.6) is 0 Å². The first-order valence-electron chi connectivity index (χ1n) is 9.35. The molecule has 10 heteroatoms. The smallest absolute Gasteiger partial charge is 0.305 e. The van der Waals surface area contributed by atoms with Gasteiger partial charge in [0.2, 0.25) is 0 Å². The number of nitrogens with one attached hydrogen (secondary N) is 1. The molecule has 0 aromatic heterocycles. The molecule has 156 valence electrons. The van der Waals surface area contributed by atoms with Crippen LogP contribution in [0.2, 0.25) is 0 Å². The molecule has 1 aromatic carbocycles. The second kappa shape index (κ2) is 13.4. The normalized spacial score (nSPS) is 10.5. The summed E-state index contributed by atoms with van der Waals surface area (Å²) < 4.78 is 10.4. The third-order valence-electron chi connectivity index (χ3n) is 3.93. The first-order valence-corrected chi connectivity index (χ1v) is 9.35. The fraction of sp³-hybridized carbons (Fsp3) is 0.611. The van der Waals surface area contributed by atoms with Crippen molar-refractivity contribution >= 4 is 23.0 Å². The van der Waals surface area contributed by atoms with E-state index in [1.165, 1.54) is 18.6 Å². The van der Waals surface area contributed by atoms with E-state index in [9.17, 15) is 25.0 Å². The average Bonchev–Trinajstić information content (AvgIpc) is 2.66. The Bertz CT molecular complexity index is 652. The monoisotopic (exact) mass is 397 g/mol. The fourth-order valence-electron chi connectivity index (χ4n) is 2.45. The van der Waals surface area contributed by atoms with Crippen LogP contribution < -0.4 is 5.32 Å². The van der Waals surface area contributed by atoms with E-state index in [2.05, 4.69) is 12.2 Å². The van der Waals surface area contributed by atoms with Crippen LogP contribution in [0, 0.1) is 20.2 Å². The van der Waals surface area contributed by atoms with Crippen LogP contribution in [-0.2, 0) is 14.3 Å². The van der Waals surface area contributed by atoms with Gasteiger partial charge in [0, 0.05) is 19.0 Å². The molecule has 10 nitrogen and oxygen atoms in total. The third-order valence-corrected chi connectivity index (χ3v) is 3.93. The number of carbonyl (C=O) groups is 1. The van der Waals surface area contributed by atoms with Crippen molar-refractivity contribution < 1.29 is 24.1 Å². The van der Waals surface area contributed by atoms with Crippen LogP contribution in [0.15, 0.2) is 18.2 Å². The van der Waals surface area contributed by atoms with Crippen molar-refractivity contribution in [2.24, 2.45) is 0 Å². The summed E-state index contributed by atoms with van der Waals surface area (Å²) in [5.41, 5.74) is -0.545. The van der Waals surface area contributed by atoms with Gasteiger partial charge >= 0.3 is 5.97 Å². The molecule has 0 radical (unpaired) electrons. The quantitative estimate of drug-likeness (QED) is 0.204. The molecule has 0 spiro atoms. The number of non-ortho nitro benzene ring substituents is 1. The van der Waals surface area contributed by atoms with E-state index in [4.69, 9.17) is 9.47 Å². The SMILES string of the molecule is CCCCCCCC(=O)OCCOCCNc1ccc([N+](=O)[O-])cc1[N+](=O)[O-]. The van der Waals surface area contributed by atoms with Crippen molar-refractivity contribution in [1.29, 1.82) is 0 Å². The second-order valence-electron chi connectivity index (χ2n) is 6.14. The number of unbranched alkanes of at least 4 members (excludes halogenated alkanes) is 4. The summed E-state index contributed by atoms with van der Waals surface area (Å²) in [7, 11) is 0. The number of carbonyl (C=O) groups excluding carboxylic acids is 1. The maximum absolute atomic E-state index is 11.5. The molecule has 0 aliphatic carbocycles. The van der Waals surface area contributed by atoms with Crippen molar-refractivity contribution in [2.45, 2.75) is 45.4 Å². The molecule has 0 amide bonds.